The number of nitrogens with one attached hydrogen (secondary N) is 1. The van der Waals surface area contributed by atoms with Crippen LogP contribution in [0.1, 0.15) is 24.7 Å². The van der Waals surface area contributed by atoms with E-state index in [2.05, 4.69) is 4.98 Å². The first-order valence-electron chi connectivity index (χ1n) is 7.44. The summed E-state index contributed by atoms with van der Waals surface area (Å²) in [6.45, 7) is 3.17. The maximum Gasteiger partial charge on any atom is 0.329 e. The summed E-state index contributed by atoms with van der Waals surface area (Å²) in [7, 11) is -3.05. The fourth-order valence-corrected chi connectivity index (χ4v) is 7.16. The molecular formula is C16H19N2O4P. The first-order chi connectivity index (χ1) is 10.8. The van der Waals surface area contributed by atoms with E-state index in [0.29, 0.717) is 23.5 Å². The summed E-state index contributed by atoms with van der Waals surface area (Å²) < 4.78 is 14.9. The number of H-pyrrole nitrogens is 1. The molecule has 1 fully saturated rings. The molecule has 122 valence electrons. The fraction of sp³-hybridized carbons (Fsp3) is 0.375. The Balaban J connectivity index is 2.25. The molecule has 23 heavy (non-hydrogen) atoms. The number of nitrogens with zero attached hydrogens (tertiary/aromatic N) is 1. The molecule has 0 amide bonds. The van der Waals surface area contributed by atoms with Crippen molar-refractivity contribution in [1.29, 1.82) is 0 Å². The molecule has 0 aliphatic carbocycles. The van der Waals surface area contributed by atoms with Crippen molar-refractivity contribution >= 4 is 12.4 Å². The first-order valence-corrected chi connectivity index (χ1v) is 9.41. The Morgan fingerprint density at radius 3 is 2.61 bits per heavy atom. The number of hydrogen-bond acceptors (Lipinski definition) is 4. The standard InChI is InChI=1S/C16H19N2O4P/c1-11-10-18(15(20)17-13(11)19)14-16(2,21)8-9-23(14,22)12-6-4-3-5-7-12/h3-7,10,14,21H,8-9H2,1-2H3,(H,17,19,20)/t14-,16-,23+/m1/s1. The van der Waals surface area contributed by atoms with E-state index < -0.39 is 29.8 Å². The average molecular weight is 334 g/mol. The second-order valence-electron chi connectivity index (χ2n) is 6.31. The molecule has 0 saturated carbocycles. The van der Waals surface area contributed by atoms with Gasteiger partial charge in [-0.1, -0.05) is 30.3 Å². The summed E-state index contributed by atoms with van der Waals surface area (Å²) >= 11 is 0. The lowest BCUT2D eigenvalue weighted by Crippen LogP contribution is -2.41. The van der Waals surface area contributed by atoms with Crippen molar-refractivity contribution in [3.8, 4) is 0 Å². The molecule has 1 aromatic heterocycles. The summed E-state index contributed by atoms with van der Waals surface area (Å²) in [5.74, 6) is -0.888. The Labute approximate surface area is 133 Å². The molecule has 3 atom stereocenters. The SMILES string of the molecule is Cc1cn([C@H]2[C@](C)(O)CC[P@]2(=O)c2ccccc2)c(=O)[nH]c1=O. The van der Waals surface area contributed by atoms with Crippen molar-refractivity contribution in [2.24, 2.45) is 0 Å². The van der Waals surface area contributed by atoms with Gasteiger partial charge in [0, 0.05) is 23.2 Å². The van der Waals surface area contributed by atoms with Gasteiger partial charge in [0.25, 0.3) is 5.56 Å². The number of aromatic nitrogens is 2. The van der Waals surface area contributed by atoms with Crippen LogP contribution in [0.2, 0.25) is 0 Å². The van der Waals surface area contributed by atoms with Gasteiger partial charge >= 0.3 is 5.69 Å². The molecule has 1 saturated heterocycles. The Morgan fingerprint density at radius 1 is 1.30 bits per heavy atom. The molecule has 2 N–H and O–H groups in total. The summed E-state index contributed by atoms with van der Waals surface area (Å²) in [5.41, 5.74) is -2.07. The predicted octanol–water partition coefficient (Wildman–Crippen LogP) is 1.19. The van der Waals surface area contributed by atoms with Crippen LogP contribution in [-0.4, -0.2) is 26.4 Å². The Kier molecular flexibility index (Phi) is 3.69. The quantitative estimate of drug-likeness (QED) is 0.807. The number of rotatable bonds is 2. The smallest absolute Gasteiger partial charge is 0.329 e. The second kappa shape index (κ2) is 5.32. The van der Waals surface area contributed by atoms with Crippen LogP contribution in [-0.2, 0) is 4.57 Å². The zero-order valence-corrected chi connectivity index (χ0v) is 13.9. The van der Waals surface area contributed by atoms with Crippen molar-refractivity contribution in [3.63, 3.8) is 0 Å². The summed E-state index contributed by atoms with van der Waals surface area (Å²) in [4.78, 5) is 26.1. The number of aliphatic hydroxyl groups is 1. The van der Waals surface area contributed by atoms with E-state index in [0.717, 1.165) is 0 Å². The molecular weight excluding hydrogens is 315 g/mol. The van der Waals surface area contributed by atoms with E-state index in [1.165, 1.54) is 10.8 Å². The van der Waals surface area contributed by atoms with Crippen LogP contribution >= 0.6 is 7.14 Å². The molecule has 2 heterocycles. The zero-order chi connectivity index (χ0) is 16.8. The molecule has 1 aliphatic heterocycles. The summed E-state index contributed by atoms with van der Waals surface area (Å²) in [6.07, 6.45) is 2.04. The summed E-state index contributed by atoms with van der Waals surface area (Å²) in [6, 6.07) is 8.94. The van der Waals surface area contributed by atoms with E-state index >= 15 is 0 Å². The third-order valence-electron chi connectivity index (χ3n) is 4.50. The van der Waals surface area contributed by atoms with Crippen LogP contribution < -0.4 is 16.6 Å². The number of aromatic amines is 1. The largest absolute Gasteiger partial charge is 0.387 e. The molecule has 2 aromatic rings. The lowest BCUT2D eigenvalue weighted by atomic mass is 10.0. The van der Waals surface area contributed by atoms with Gasteiger partial charge in [0.05, 0.1) is 5.60 Å². The molecule has 0 spiro atoms. The van der Waals surface area contributed by atoms with Gasteiger partial charge in [0.15, 0.2) is 0 Å². The molecule has 0 bridgehead atoms. The highest BCUT2D eigenvalue weighted by molar-refractivity contribution is 7.72. The minimum atomic E-state index is -3.05. The van der Waals surface area contributed by atoms with Crippen LogP contribution in [0.5, 0.6) is 0 Å². The highest BCUT2D eigenvalue weighted by Gasteiger charge is 2.53. The van der Waals surface area contributed by atoms with Crippen molar-refractivity contribution in [3.05, 3.63) is 62.9 Å². The van der Waals surface area contributed by atoms with Crippen LogP contribution in [0, 0.1) is 6.92 Å². The Morgan fingerprint density at radius 2 is 1.96 bits per heavy atom. The summed E-state index contributed by atoms with van der Waals surface area (Å²) in [5, 5.41) is 11.4. The first kappa shape index (κ1) is 16.0. The van der Waals surface area contributed by atoms with Crippen LogP contribution in [0.3, 0.4) is 0 Å². The molecule has 7 heteroatoms. The van der Waals surface area contributed by atoms with E-state index in [4.69, 9.17) is 0 Å². The molecule has 1 aromatic carbocycles. The third-order valence-corrected chi connectivity index (χ3v) is 8.16. The maximum atomic E-state index is 13.7. The third kappa shape index (κ3) is 2.52. The van der Waals surface area contributed by atoms with Gasteiger partial charge in [-0.2, -0.15) is 0 Å². The van der Waals surface area contributed by atoms with Gasteiger partial charge in [-0.05, 0) is 20.3 Å². The molecule has 6 nitrogen and oxygen atoms in total. The fourth-order valence-electron chi connectivity index (χ4n) is 3.31. The van der Waals surface area contributed by atoms with Gasteiger partial charge in [-0.15, -0.1) is 0 Å². The predicted molar refractivity (Wildman–Crippen MR) is 88.9 cm³/mol. The molecule has 0 radical (unpaired) electrons. The second-order valence-corrected chi connectivity index (χ2v) is 9.36. The molecule has 3 rings (SSSR count). The van der Waals surface area contributed by atoms with Crippen LogP contribution in [0.4, 0.5) is 0 Å². The van der Waals surface area contributed by atoms with Gasteiger partial charge in [-0.3, -0.25) is 14.3 Å². The lowest BCUT2D eigenvalue weighted by molar-refractivity contribution is 0.0398. The normalized spacial score (nSPS) is 30.5. The maximum absolute atomic E-state index is 13.7. The van der Waals surface area contributed by atoms with E-state index in [-0.39, 0.29) is 0 Å². The van der Waals surface area contributed by atoms with Gasteiger partial charge in [0.2, 0.25) is 0 Å². The number of aryl methyl sites for hydroxylation is 1. The number of benzene rings is 1. The van der Waals surface area contributed by atoms with E-state index in [9.17, 15) is 19.3 Å². The van der Waals surface area contributed by atoms with Gasteiger partial charge in [0.1, 0.15) is 12.9 Å². The van der Waals surface area contributed by atoms with Crippen LogP contribution in [0.15, 0.2) is 46.1 Å². The van der Waals surface area contributed by atoms with Gasteiger partial charge in [-0.25, -0.2) is 4.79 Å². The lowest BCUT2D eigenvalue weighted by Gasteiger charge is -2.31. The monoisotopic (exact) mass is 334 g/mol. The zero-order valence-electron chi connectivity index (χ0n) is 13.0. The molecule has 1 aliphatic rings. The van der Waals surface area contributed by atoms with Crippen molar-refractivity contribution < 1.29 is 9.67 Å². The van der Waals surface area contributed by atoms with E-state index in [1.807, 2.05) is 6.07 Å². The van der Waals surface area contributed by atoms with Gasteiger partial charge < -0.3 is 9.67 Å². The Hall–Kier alpha value is -1.91. The topological polar surface area (TPSA) is 92.2 Å². The van der Waals surface area contributed by atoms with Crippen LogP contribution in [0.25, 0.3) is 0 Å². The van der Waals surface area contributed by atoms with Crippen molar-refractivity contribution in [2.75, 3.05) is 6.16 Å². The minimum absolute atomic E-state index is 0.319. The Bertz CT molecular complexity index is 898. The van der Waals surface area contributed by atoms with Crippen molar-refractivity contribution in [2.45, 2.75) is 31.7 Å². The highest BCUT2D eigenvalue weighted by Crippen LogP contribution is 2.66. The number of hydrogen-bond donors (Lipinski definition) is 2. The minimum Gasteiger partial charge on any atom is -0.387 e. The highest BCUT2D eigenvalue weighted by atomic mass is 31.2. The molecule has 0 unspecified atom stereocenters. The van der Waals surface area contributed by atoms with E-state index in [1.54, 1.807) is 38.1 Å². The average Bonchev–Trinajstić information content (AvgIpc) is 2.76. The van der Waals surface area contributed by atoms with Crippen molar-refractivity contribution in [1.82, 2.24) is 9.55 Å².